The Labute approximate surface area is 100 Å². The standard InChI is InChI=1S/C13H15NO3/c1-17-9-11(15)8-14-12-5-3-2-4-10(12)6-7-13(14)16/h2-5H,6-9H2,1H3. The summed E-state index contributed by atoms with van der Waals surface area (Å²) in [6.07, 6.45) is 1.22. The number of methoxy groups -OCH3 is 1. The third-order valence-corrected chi connectivity index (χ3v) is 2.83. The van der Waals surface area contributed by atoms with Crippen LogP contribution < -0.4 is 4.90 Å². The van der Waals surface area contributed by atoms with E-state index in [2.05, 4.69) is 0 Å². The van der Waals surface area contributed by atoms with E-state index >= 15 is 0 Å². The van der Waals surface area contributed by atoms with Crippen LogP contribution in [-0.2, 0) is 20.7 Å². The Balaban J connectivity index is 2.21. The molecule has 1 aromatic carbocycles. The maximum atomic E-state index is 11.8. The van der Waals surface area contributed by atoms with Crippen molar-refractivity contribution in [1.29, 1.82) is 0 Å². The molecule has 0 saturated heterocycles. The highest BCUT2D eigenvalue weighted by Crippen LogP contribution is 2.27. The van der Waals surface area contributed by atoms with E-state index in [0.29, 0.717) is 6.42 Å². The number of hydrogen-bond acceptors (Lipinski definition) is 3. The maximum absolute atomic E-state index is 11.8. The number of hydrogen-bond donors (Lipinski definition) is 0. The number of anilines is 1. The van der Waals surface area contributed by atoms with Crippen LogP contribution in [0.2, 0.25) is 0 Å². The van der Waals surface area contributed by atoms with Gasteiger partial charge in [0.05, 0.1) is 6.54 Å². The van der Waals surface area contributed by atoms with Crippen molar-refractivity contribution in [2.45, 2.75) is 12.8 Å². The summed E-state index contributed by atoms with van der Waals surface area (Å²) < 4.78 is 4.78. The van der Waals surface area contributed by atoms with E-state index in [-0.39, 0.29) is 24.8 Å². The van der Waals surface area contributed by atoms with Crippen molar-refractivity contribution in [3.8, 4) is 0 Å². The highest BCUT2D eigenvalue weighted by molar-refractivity contribution is 6.01. The van der Waals surface area contributed by atoms with Crippen LogP contribution in [0.4, 0.5) is 5.69 Å². The van der Waals surface area contributed by atoms with Gasteiger partial charge in [-0.3, -0.25) is 9.59 Å². The smallest absolute Gasteiger partial charge is 0.227 e. The van der Waals surface area contributed by atoms with E-state index in [1.165, 1.54) is 7.11 Å². The predicted molar refractivity (Wildman–Crippen MR) is 64.0 cm³/mol. The number of Topliss-reactive ketones (excluding diaryl/α,β-unsaturated/α-hetero) is 1. The molecular formula is C13H15NO3. The fourth-order valence-corrected chi connectivity index (χ4v) is 2.05. The topological polar surface area (TPSA) is 46.6 Å². The summed E-state index contributed by atoms with van der Waals surface area (Å²) in [7, 11) is 1.48. The average molecular weight is 233 g/mol. The van der Waals surface area contributed by atoms with E-state index in [1.807, 2.05) is 24.3 Å². The van der Waals surface area contributed by atoms with Crippen LogP contribution in [0.15, 0.2) is 24.3 Å². The Hall–Kier alpha value is -1.68. The largest absolute Gasteiger partial charge is 0.377 e. The van der Waals surface area contributed by atoms with Gasteiger partial charge in [0.15, 0.2) is 5.78 Å². The number of benzene rings is 1. The van der Waals surface area contributed by atoms with Crippen molar-refractivity contribution in [2.75, 3.05) is 25.2 Å². The highest BCUT2D eigenvalue weighted by atomic mass is 16.5. The van der Waals surface area contributed by atoms with E-state index in [0.717, 1.165) is 17.7 Å². The number of rotatable bonds is 4. The first-order valence-electron chi connectivity index (χ1n) is 5.61. The predicted octanol–water partition coefficient (Wildman–Crippen LogP) is 1.18. The Morgan fingerprint density at radius 1 is 1.35 bits per heavy atom. The molecule has 0 fully saturated rings. The third kappa shape index (κ3) is 2.53. The molecular weight excluding hydrogens is 218 g/mol. The Kier molecular flexibility index (Phi) is 3.54. The molecule has 1 aliphatic rings. The van der Waals surface area contributed by atoms with Crippen molar-refractivity contribution in [3.05, 3.63) is 29.8 Å². The minimum Gasteiger partial charge on any atom is -0.377 e. The molecule has 1 aliphatic heterocycles. The lowest BCUT2D eigenvalue weighted by molar-refractivity contribution is -0.124. The molecule has 0 unspecified atom stereocenters. The summed E-state index contributed by atoms with van der Waals surface area (Å²) in [5.74, 6) is -0.0780. The van der Waals surface area contributed by atoms with E-state index < -0.39 is 0 Å². The van der Waals surface area contributed by atoms with Crippen molar-refractivity contribution in [1.82, 2.24) is 0 Å². The number of fused-ring (bicyclic) bond motifs is 1. The molecule has 2 rings (SSSR count). The molecule has 0 atom stereocenters. The normalized spacial score (nSPS) is 14.6. The Morgan fingerprint density at radius 3 is 2.88 bits per heavy atom. The molecule has 4 nitrogen and oxygen atoms in total. The first-order chi connectivity index (χ1) is 8.22. The monoisotopic (exact) mass is 233 g/mol. The van der Waals surface area contributed by atoms with Gasteiger partial charge in [0.25, 0.3) is 0 Å². The summed E-state index contributed by atoms with van der Waals surface area (Å²) in [5.41, 5.74) is 1.98. The van der Waals surface area contributed by atoms with Gasteiger partial charge in [0.1, 0.15) is 6.61 Å². The van der Waals surface area contributed by atoms with Crippen molar-refractivity contribution >= 4 is 17.4 Å². The van der Waals surface area contributed by atoms with Gasteiger partial charge in [0, 0.05) is 19.2 Å². The quantitative estimate of drug-likeness (QED) is 0.784. The first-order valence-corrected chi connectivity index (χ1v) is 5.61. The fraction of sp³-hybridized carbons (Fsp3) is 0.385. The number of carbonyl (C=O) groups excluding carboxylic acids is 2. The molecule has 0 aliphatic carbocycles. The number of nitrogens with zero attached hydrogens (tertiary/aromatic N) is 1. The molecule has 1 aromatic rings. The van der Waals surface area contributed by atoms with Crippen LogP contribution in [0.5, 0.6) is 0 Å². The van der Waals surface area contributed by atoms with Crippen LogP contribution >= 0.6 is 0 Å². The van der Waals surface area contributed by atoms with Gasteiger partial charge >= 0.3 is 0 Å². The zero-order chi connectivity index (χ0) is 12.3. The number of para-hydroxylation sites is 1. The molecule has 0 saturated carbocycles. The lowest BCUT2D eigenvalue weighted by Gasteiger charge is -2.28. The first kappa shape index (κ1) is 11.8. The number of ether oxygens (including phenoxy) is 1. The minimum absolute atomic E-state index is 0.00755. The molecule has 0 N–H and O–H groups in total. The lowest BCUT2D eigenvalue weighted by atomic mass is 10.0. The second-order valence-corrected chi connectivity index (χ2v) is 4.08. The van der Waals surface area contributed by atoms with Crippen molar-refractivity contribution in [3.63, 3.8) is 0 Å². The van der Waals surface area contributed by atoms with Crippen molar-refractivity contribution in [2.24, 2.45) is 0 Å². The Morgan fingerprint density at radius 2 is 2.12 bits per heavy atom. The van der Waals surface area contributed by atoms with Gasteiger partial charge in [-0.15, -0.1) is 0 Å². The van der Waals surface area contributed by atoms with Gasteiger partial charge in [-0.1, -0.05) is 18.2 Å². The van der Waals surface area contributed by atoms with Gasteiger partial charge in [-0.05, 0) is 18.1 Å². The summed E-state index contributed by atoms with van der Waals surface area (Å²) in [4.78, 5) is 24.9. The van der Waals surface area contributed by atoms with Gasteiger partial charge in [-0.25, -0.2) is 0 Å². The molecule has 0 aromatic heterocycles. The lowest BCUT2D eigenvalue weighted by Crippen LogP contribution is -2.39. The maximum Gasteiger partial charge on any atom is 0.227 e. The van der Waals surface area contributed by atoms with Crippen LogP contribution in [0.3, 0.4) is 0 Å². The molecule has 90 valence electrons. The van der Waals surface area contributed by atoms with E-state index in [9.17, 15) is 9.59 Å². The van der Waals surface area contributed by atoms with Crippen LogP contribution in [0.25, 0.3) is 0 Å². The van der Waals surface area contributed by atoms with Crippen LogP contribution in [0.1, 0.15) is 12.0 Å². The fourth-order valence-electron chi connectivity index (χ4n) is 2.05. The highest BCUT2D eigenvalue weighted by Gasteiger charge is 2.25. The number of amides is 1. The summed E-state index contributed by atoms with van der Waals surface area (Å²) in [6, 6.07) is 7.71. The molecule has 0 radical (unpaired) electrons. The second-order valence-electron chi connectivity index (χ2n) is 4.08. The average Bonchev–Trinajstić information content (AvgIpc) is 2.33. The summed E-state index contributed by atoms with van der Waals surface area (Å²) in [5, 5.41) is 0. The van der Waals surface area contributed by atoms with Crippen molar-refractivity contribution < 1.29 is 14.3 Å². The number of carbonyl (C=O) groups is 2. The molecule has 4 heteroatoms. The molecule has 17 heavy (non-hydrogen) atoms. The number of aryl methyl sites for hydroxylation is 1. The zero-order valence-electron chi connectivity index (χ0n) is 9.81. The van der Waals surface area contributed by atoms with Gasteiger partial charge in [0.2, 0.25) is 5.91 Å². The summed E-state index contributed by atoms with van der Waals surface area (Å²) >= 11 is 0. The second kappa shape index (κ2) is 5.10. The van der Waals surface area contributed by atoms with Crippen LogP contribution in [-0.4, -0.2) is 32.0 Å². The SMILES string of the molecule is COCC(=O)CN1C(=O)CCc2ccccc21. The molecule has 0 spiro atoms. The Bertz CT molecular complexity index is 442. The van der Waals surface area contributed by atoms with Crippen LogP contribution in [0, 0.1) is 0 Å². The van der Waals surface area contributed by atoms with Gasteiger partial charge < -0.3 is 9.64 Å². The third-order valence-electron chi connectivity index (χ3n) is 2.83. The molecule has 0 bridgehead atoms. The molecule has 1 amide bonds. The summed E-state index contributed by atoms with van der Waals surface area (Å²) in [6.45, 7) is 0.148. The minimum atomic E-state index is -0.0856. The van der Waals surface area contributed by atoms with E-state index in [4.69, 9.17) is 4.74 Å². The van der Waals surface area contributed by atoms with Gasteiger partial charge in [-0.2, -0.15) is 0 Å². The number of ketones is 1. The zero-order valence-corrected chi connectivity index (χ0v) is 9.81. The molecule has 1 heterocycles. The van der Waals surface area contributed by atoms with E-state index in [1.54, 1.807) is 4.90 Å².